The Kier molecular flexibility index (Phi) is 3.69. The molecule has 3 nitrogen and oxygen atoms in total. The molecule has 1 heterocycles. The minimum atomic E-state index is -0.343. The minimum absolute atomic E-state index is 0.224. The molecular formula is C11H18O3. The highest BCUT2D eigenvalue weighted by Gasteiger charge is 2.43. The molecule has 3 heteroatoms. The maximum Gasteiger partial charge on any atom is 0.330 e. The van der Waals surface area contributed by atoms with E-state index in [1.807, 2.05) is 0 Å². The van der Waals surface area contributed by atoms with Crippen molar-refractivity contribution in [1.82, 2.24) is 0 Å². The minimum Gasteiger partial charge on any atom is -0.463 e. The van der Waals surface area contributed by atoms with Crippen molar-refractivity contribution in [2.45, 2.75) is 32.8 Å². The Hall–Kier alpha value is -0.830. The monoisotopic (exact) mass is 198 g/mol. The van der Waals surface area contributed by atoms with Crippen molar-refractivity contribution < 1.29 is 14.3 Å². The number of rotatable bonds is 5. The second kappa shape index (κ2) is 4.60. The van der Waals surface area contributed by atoms with Gasteiger partial charge in [-0.1, -0.05) is 13.5 Å². The highest BCUT2D eigenvalue weighted by Crippen LogP contribution is 2.41. The fourth-order valence-electron chi connectivity index (χ4n) is 1.74. The van der Waals surface area contributed by atoms with Crippen LogP contribution in [0.25, 0.3) is 0 Å². The van der Waals surface area contributed by atoms with Crippen molar-refractivity contribution in [3.05, 3.63) is 12.7 Å². The van der Waals surface area contributed by atoms with Gasteiger partial charge in [-0.05, 0) is 19.8 Å². The summed E-state index contributed by atoms with van der Waals surface area (Å²) in [6.07, 6.45) is 3.43. The third kappa shape index (κ3) is 2.15. The topological polar surface area (TPSA) is 35.5 Å². The molecule has 1 fully saturated rings. The molecule has 0 aromatic heterocycles. The van der Waals surface area contributed by atoms with Gasteiger partial charge in [-0.25, -0.2) is 4.79 Å². The van der Waals surface area contributed by atoms with E-state index in [4.69, 9.17) is 9.47 Å². The quantitative estimate of drug-likeness (QED) is 0.500. The Morgan fingerprint density at radius 1 is 1.79 bits per heavy atom. The van der Waals surface area contributed by atoms with Crippen LogP contribution in [0, 0.1) is 5.41 Å². The molecule has 0 spiro atoms. The lowest BCUT2D eigenvalue weighted by Crippen LogP contribution is -2.50. The normalized spacial score (nSPS) is 30.6. The van der Waals surface area contributed by atoms with E-state index < -0.39 is 0 Å². The number of carbonyl (C=O) groups is 1. The van der Waals surface area contributed by atoms with E-state index in [0.717, 1.165) is 19.4 Å². The first-order chi connectivity index (χ1) is 6.64. The molecule has 1 aliphatic heterocycles. The summed E-state index contributed by atoms with van der Waals surface area (Å²) in [4.78, 5) is 10.8. The summed E-state index contributed by atoms with van der Waals surface area (Å²) in [5.74, 6) is -0.343. The Balaban J connectivity index is 2.28. The predicted octanol–water partition coefficient (Wildman–Crippen LogP) is 1.92. The molecule has 0 N–H and O–H groups in total. The number of esters is 1. The number of ether oxygens (including phenoxy) is 2. The van der Waals surface area contributed by atoms with Crippen LogP contribution in [0.2, 0.25) is 0 Å². The van der Waals surface area contributed by atoms with Crippen molar-refractivity contribution in [2.24, 2.45) is 5.41 Å². The van der Waals surface area contributed by atoms with Crippen LogP contribution in [0.5, 0.6) is 0 Å². The van der Waals surface area contributed by atoms with E-state index in [1.54, 1.807) is 0 Å². The first-order valence-electron chi connectivity index (χ1n) is 5.05. The molecule has 14 heavy (non-hydrogen) atoms. The largest absolute Gasteiger partial charge is 0.463 e. The molecular weight excluding hydrogens is 180 g/mol. The highest BCUT2D eigenvalue weighted by molar-refractivity contribution is 5.81. The molecule has 0 saturated carbocycles. The summed E-state index contributed by atoms with van der Waals surface area (Å²) < 4.78 is 10.3. The van der Waals surface area contributed by atoms with Gasteiger partial charge in [-0.15, -0.1) is 0 Å². The van der Waals surface area contributed by atoms with Gasteiger partial charge in [0.25, 0.3) is 0 Å². The molecule has 0 amide bonds. The van der Waals surface area contributed by atoms with Crippen molar-refractivity contribution in [2.75, 3.05) is 13.2 Å². The van der Waals surface area contributed by atoms with Crippen LogP contribution in [-0.2, 0) is 14.3 Å². The molecule has 0 aromatic carbocycles. The van der Waals surface area contributed by atoms with Gasteiger partial charge in [0.1, 0.15) is 0 Å². The fourth-order valence-corrected chi connectivity index (χ4v) is 1.74. The van der Waals surface area contributed by atoms with Gasteiger partial charge in [-0.2, -0.15) is 0 Å². The van der Waals surface area contributed by atoms with Crippen molar-refractivity contribution in [3.63, 3.8) is 0 Å². The Morgan fingerprint density at radius 3 is 2.86 bits per heavy atom. The summed E-state index contributed by atoms with van der Waals surface area (Å²) in [6, 6.07) is 0. The van der Waals surface area contributed by atoms with E-state index in [9.17, 15) is 4.79 Å². The Labute approximate surface area is 85.1 Å². The van der Waals surface area contributed by atoms with Gasteiger partial charge >= 0.3 is 5.97 Å². The van der Waals surface area contributed by atoms with Crippen molar-refractivity contribution in [3.8, 4) is 0 Å². The molecule has 0 aliphatic carbocycles. The second-order valence-corrected chi connectivity index (χ2v) is 3.79. The summed E-state index contributed by atoms with van der Waals surface area (Å²) in [7, 11) is 0. The van der Waals surface area contributed by atoms with Crippen molar-refractivity contribution >= 4 is 5.97 Å². The summed E-state index contributed by atoms with van der Waals surface area (Å²) in [5.41, 5.74) is 0.224. The highest BCUT2D eigenvalue weighted by atomic mass is 16.5. The summed E-state index contributed by atoms with van der Waals surface area (Å²) in [5, 5.41) is 0. The molecule has 0 radical (unpaired) electrons. The number of hydrogen-bond donors (Lipinski definition) is 0. The second-order valence-electron chi connectivity index (χ2n) is 3.79. The van der Waals surface area contributed by atoms with Crippen LogP contribution >= 0.6 is 0 Å². The van der Waals surface area contributed by atoms with E-state index >= 15 is 0 Å². The van der Waals surface area contributed by atoms with Crippen molar-refractivity contribution in [1.29, 1.82) is 0 Å². The van der Waals surface area contributed by atoms with Gasteiger partial charge in [0, 0.05) is 11.5 Å². The molecule has 0 bridgehead atoms. The molecule has 2 atom stereocenters. The lowest BCUT2D eigenvalue weighted by atomic mass is 9.74. The van der Waals surface area contributed by atoms with Gasteiger partial charge in [0.2, 0.25) is 0 Å². The van der Waals surface area contributed by atoms with E-state index in [2.05, 4.69) is 20.4 Å². The SMILES string of the molecule is C=CC(=O)OCCC1(CC)COC1C. The molecule has 1 rings (SSSR count). The average Bonchev–Trinajstić information content (AvgIpc) is 2.21. The zero-order valence-electron chi connectivity index (χ0n) is 8.91. The van der Waals surface area contributed by atoms with E-state index in [1.165, 1.54) is 6.08 Å². The molecule has 2 unspecified atom stereocenters. The lowest BCUT2D eigenvalue weighted by molar-refractivity contribution is -0.188. The molecule has 1 saturated heterocycles. The standard InChI is InChI=1S/C11H18O3/c1-4-10(12)13-7-6-11(5-2)8-14-9(11)3/h4,9H,1,5-8H2,2-3H3. The smallest absolute Gasteiger partial charge is 0.330 e. The van der Waals surface area contributed by atoms with E-state index in [0.29, 0.717) is 6.61 Å². The van der Waals surface area contributed by atoms with Crippen LogP contribution in [0.1, 0.15) is 26.7 Å². The third-order valence-electron chi connectivity index (χ3n) is 3.20. The van der Waals surface area contributed by atoms with Gasteiger partial charge in [0.05, 0.1) is 19.3 Å². The Morgan fingerprint density at radius 2 is 2.50 bits per heavy atom. The maximum atomic E-state index is 10.8. The zero-order chi connectivity index (χ0) is 10.6. The van der Waals surface area contributed by atoms with Gasteiger partial charge < -0.3 is 9.47 Å². The average molecular weight is 198 g/mol. The predicted molar refractivity (Wildman–Crippen MR) is 53.9 cm³/mol. The van der Waals surface area contributed by atoms with Crippen LogP contribution in [0.15, 0.2) is 12.7 Å². The molecule has 0 aromatic rings. The van der Waals surface area contributed by atoms with Crippen LogP contribution in [0.3, 0.4) is 0 Å². The first kappa shape index (κ1) is 11.2. The third-order valence-corrected chi connectivity index (χ3v) is 3.20. The number of carbonyl (C=O) groups excluding carboxylic acids is 1. The van der Waals surface area contributed by atoms with Gasteiger partial charge in [-0.3, -0.25) is 0 Å². The zero-order valence-corrected chi connectivity index (χ0v) is 8.91. The maximum absolute atomic E-state index is 10.8. The molecule has 1 aliphatic rings. The fraction of sp³-hybridized carbons (Fsp3) is 0.727. The number of hydrogen-bond acceptors (Lipinski definition) is 3. The first-order valence-corrected chi connectivity index (χ1v) is 5.05. The van der Waals surface area contributed by atoms with E-state index in [-0.39, 0.29) is 17.5 Å². The van der Waals surface area contributed by atoms with Crippen LogP contribution in [-0.4, -0.2) is 25.3 Å². The molecule has 80 valence electrons. The van der Waals surface area contributed by atoms with Gasteiger partial charge in [0.15, 0.2) is 0 Å². The Bertz CT molecular complexity index is 221. The summed E-state index contributed by atoms with van der Waals surface area (Å²) in [6.45, 7) is 8.82. The van der Waals surface area contributed by atoms with Crippen LogP contribution < -0.4 is 0 Å². The summed E-state index contributed by atoms with van der Waals surface area (Å²) >= 11 is 0. The lowest BCUT2D eigenvalue weighted by Gasteiger charge is -2.47. The van der Waals surface area contributed by atoms with Crippen LogP contribution in [0.4, 0.5) is 0 Å².